The Morgan fingerprint density at radius 1 is 1.09 bits per heavy atom. The molecule has 3 aromatic rings. The number of aromatic nitrogens is 2. The summed E-state index contributed by atoms with van der Waals surface area (Å²) in [7, 11) is 1.61. The monoisotopic (exact) mass is 477 g/mol. The maximum Gasteiger partial charge on any atom is 0.321 e. The third-order valence-corrected chi connectivity index (χ3v) is 6.21. The number of nitrogens with one attached hydrogen (secondary N) is 1. The highest BCUT2D eigenvalue weighted by molar-refractivity contribution is 5.89. The number of halogens is 1. The molecule has 0 unspecified atom stereocenters. The average molecular weight is 478 g/mol. The number of carbonyl (C=O) groups is 1. The second kappa shape index (κ2) is 11.2. The molecular formula is C27H32FN5O2. The highest BCUT2D eigenvalue weighted by atomic mass is 19.1. The van der Waals surface area contributed by atoms with Gasteiger partial charge in [0.1, 0.15) is 23.2 Å². The largest absolute Gasteiger partial charge is 0.497 e. The van der Waals surface area contributed by atoms with Gasteiger partial charge in [-0.05, 0) is 61.7 Å². The minimum Gasteiger partial charge on any atom is -0.497 e. The van der Waals surface area contributed by atoms with E-state index in [9.17, 15) is 9.18 Å². The van der Waals surface area contributed by atoms with E-state index in [1.165, 1.54) is 6.07 Å². The molecule has 0 atom stereocenters. The highest BCUT2D eigenvalue weighted by Crippen LogP contribution is 2.26. The fourth-order valence-electron chi connectivity index (χ4n) is 4.43. The van der Waals surface area contributed by atoms with Crippen LogP contribution in [0.15, 0.2) is 48.5 Å². The van der Waals surface area contributed by atoms with E-state index in [4.69, 9.17) is 9.72 Å². The van der Waals surface area contributed by atoms with Gasteiger partial charge in [-0.3, -0.25) is 0 Å². The molecule has 1 aliphatic rings. The molecule has 8 heteroatoms. The van der Waals surface area contributed by atoms with Crippen molar-refractivity contribution in [1.29, 1.82) is 0 Å². The zero-order chi connectivity index (χ0) is 24.8. The van der Waals surface area contributed by atoms with Crippen molar-refractivity contribution < 1.29 is 13.9 Å². The summed E-state index contributed by atoms with van der Waals surface area (Å²) in [5, 5.41) is 2.97. The molecule has 1 aliphatic heterocycles. The number of amides is 2. The van der Waals surface area contributed by atoms with Gasteiger partial charge in [-0.1, -0.05) is 19.1 Å². The summed E-state index contributed by atoms with van der Waals surface area (Å²) in [6, 6.07) is 13.9. The molecule has 2 aromatic carbocycles. The van der Waals surface area contributed by atoms with Crippen molar-refractivity contribution in [2.24, 2.45) is 0 Å². The topological polar surface area (TPSA) is 70.6 Å². The van der Waals surface area contributed by atoms with Crippen LogP contribution in [-0.4, -0.2) is 54.2 Å². The van der Waals surface area contributed by atoms with E-state index in [0.29, 0.717) is 26.1 Å². The lowest BCUT2D eigenvalue weighted by atomic mass is 10.0. The van der Waals surface area contributed by atoms with E-state index in [2.05, 4.69) is 22.1 Å². The number of hydrogen-bond acceptors (Lipinski definition) is 5. The molecule has 7 nitrogen and oxygen atoms in total. The predicted octanol–water partition coefficient (Wildman–Crippen LogP) is 4.83. The maximum absolute atomic E-state index is 13.8. The molecular weight excluding hydrogens is 445 g/mol. The number of ether oxygens (including phenoxy) is 1. The van der Waals surface area contributed by atoms with Crippen molar-refractivity contribution in [3.05, 3.63) is 77.0 Å². The molecule has 35 heavy (non-hydrogen) atoms. The quantitative estimate of drug-likeness (QED) is 0.551. The van der Waals surface area contributed by atoms with E-state index < -0.39 is 0 Å². The normalized spacial score (nSPS) is 13.9. The summed E-state index contributed by atoms with van der Waals surface area (Å²) in [6.07, 6.45) is 2.15. The fourth-order valence-corrected chi connectivity index (χ4v) is 4.43. The first-order valence-electron chi connectivity index (χ1n) is 12.0. The van der Waals surface area contributed by atoms with Gasteiger partial charge in [-0.15, -0.1) is 0 Å². The van der Waals surface area contributed by atoms with Crippen LogP contribution < -0.4 is 15.0 Å². The second-order valence-corrected chi connectivity index (χ2v) is 8.67. The van der Waals surface area contributed by atoms with Crippen molar-refractivity contribution in [2.45, 2.75) is 33.1 Å². The van der Waals surface area contributed by atoms with Crippen LogP contribution in [0.2, 0.25) is 0 Å². The van der Waals surface area contributed by atoms with Crippen molar-refractivity contribution in [3.63, 3.8) is 0 Å². The molecule has 1 fully saturated rings. The molecule has 1 N–H and O–H groups in total. The smallest absolute Gasteiger partial charge is 0.321 e. The van der Waals surface area contributed by atoms with Crippen LogP contribution in [0.3, 0.4) is 0 Å². The molecule has 0 aliphatic carbocycles. The number of nitrogens with zero attached hydrogens (tertiary/aromatic N) is 4. The summed E-state index contributed by atoms with van der Waals surface area (Å²) >= 11 is 0. The van der Waals surface area contributed by atoms with Crippen LogP contribution >= 0.6 is 0 Å². The van der Waals surface area contributed by atoms with Crippen LogP contribution in [0.1, 0.15) is 36.0 Å². The minimum absolute atomic E-state index is 0.120. The number of anilines is 2. The van der Waals surface area contributed by atoms with Gasteiger partial charge in [0.25, 0.3) is 0 Å². The molecule has 0 radical (unpaired) electrons. The lowest BCUT2D eigenvalue weighted by Crippen LogP contribution is -2.38. The van der Waals surface area contributed by atoms with E-state index >= 15 is 0 Å². The van der Waals surface area contributed by atoms with Crippen molar-refractivity contribution in [2.75, 3.05) is 43.5 Å². The SMILES string of the molecule is CCc1nc(C)nc(N2CCCN(C(=O)Nc3ccc(OC)cc3)CC2)c1Cc1cccc(F)c1. The number of carbonyl (C=O) groups excluding carboxylic acids is 1. The summed E-state index contributed by atoms with van der Waals surface area (Å²) in [5.41, 5.74) is 3.63. The molecule has 1 aromatic heterocycles. The lowest BCUT2D eigenvalue weighted by Gasteiger charge is -2.26. The van der Waals surface area contributed by atoms with Gasteiger partial charge in [0.05, 0.1) is 7.11 Å². The third-order valence-electron chi connectivity index (χ3n) is 6.21. The van der Waals surface area contributed by atoms with Crippen LogP contribution in [0, 0.1) is 12.7 Å². The number of aryl methyl sites for hydroxylation is 2. The Balaban J connectivity index is 1.51. The van der Waals surface area contributed by atoms with E-state index in [1.54, 1.807) is 19.2 Å². The standard InChI is InChI=1S/C27H32FN5O2/c1-4-25-24(18-20-7-5-8-21(28)17-20)26(30-19(2)29-25)32-13-6-14-33(16-15-32)27(34)31-22-9-11-23(35-3)12-10-22/h5,7-12,17H,4,6,13-16,18H2,1-3H3,(H,31,34). The first-order valence-corrected chi connectivity index (χ1v) is 12.0. The van der Waals surface area contributed by atoms with Gasteiger partial charge in [0.2, 0.25) is 0 Å². The van der Waals surface area contributed by atoms with Crippen molar-refractivity contribution in [3.8, 4) is 5.75 Å². The number of rotatable bonds is 6. The Kier molecular flexibility index (Phi) is 7.80. The Morgan fingerprint density at radius 2 is 1.89 bits per heavy atom. The zero-order valence-electron chi connectivity index (χ0n) is 20.6. The summed E-state index contributed by atoms with van der Waals surface area (Å²) < 4.78 is 19.0. The number of methoxy groups -OCH3 is 1. The third kappa shape index (κ3) is 6.07. The van der Waals surface area contributed by atoms with Crippen molar-refractivity contribution in [1.82, 2.24) is 14.9 Å². The molecule has 0 spiro atoms. The first-order chi connectivity index (χ1) is 17.0. The summed E-state index contributed by atoms with van der Waals surface area (Å²) in [5.74, 6) is 2.10. The van der Waals surface area contributed by atoms with Crippen molar-refractivity contribution >= 4 is 17.5 Å². The average Bonchev–Trinajstić information content (AvgIpc) is 3.12. The van der Waals surface area contributed by atoms with Gasteiger partial charge in [-0.25, -0.2) is 19.2 Å². The van der Waals surface area contributed by atoms with Crippen LogP contribution in [0.5, 0.6) is 5.75 Å². The Labute approximate surface area is 206 Å². The van der Waals surface area contributed by atoms with Crippen LogP contribution in [-0.2, 0) is 12.8 Å². The number of urea groups is 1. The van der Waals surface area contributed by atoms with Gasteiger partial charge in [0.15, 0.2) is 0 Å². The maximum atomic E-state index is 13.8. The molecule has 0 saturated carbocycles. The zero-order valence-corrected chi connectivity index (χ0v) is 20.6. The van der Waals surface area contributed by atoms with Crippen LogP contribution in [0.25, 0.3) is 0 Å². The second-order valence-electron chi connectivity index (χ2n) is 8.67. The number of benzene rings is 2. The minimum atomic E-state index is -0.247. The molecule has 4 rings (SSSR count). The number of hydrogen-bond donors (Lipinski definition) is 1. The van der Waals surface area contributed by atoms with E-state index in [1.807, 2.05) is 42.2 Å². The fraction of sp³-hybridized carbons (Fsp3) is 0.370. The molecule has 0 bridgehead atoms. The summed E-state index contributed by atoms with van der Waals surface area (Å²) in [6.45, 7) is 6.65. The predicted molar refractivity (Wildman–Crippen MR) is 136 cm³/mol. The van der Waals surface area contributed by atoms with Gasteiger partial charge < -0.3 is 19.9 Å². The Bertz CT molecular complexity index is 1170. The molecule has 1 saturated heterocycles. The van der Waals surface area contributed by atoms with Gasteiger partial charge in [0, 0.05) is 49.5 Å². The molecule has 2 heterocycles. The van der Waals surface area contributed by atoms with Gasteiger partial charge in [-0.2, -0.15) is 0 Å². The first kappa shape index (κ1) is 24.4. The van der Waals surface area contributed by atoms with Gasteiger partial charge >= 0.3 is 6.03 Å². The van der Waals surface area contributed by atoms with E-state index in [0.717, 1.165) is 59.3 Å². The highest BCUT2D eigenvalue weighted by Gasteiger charge is 2.23. The molecule has 2 amide bonds. The molecule has 184 valence electrons. The summed E-state index contributed by atoms with van der Waals surface area (Å²) in [4.78, 5) is 26.5. The van der Waals surface area contributed by atoms with E-state index in [-0.39, 0.29) is 11.8 Å². The Hall–Kier alpha value is -3.68. The lowest BCUT2D eigenvalue weighted by molar-refractivity contribution is 0.215. The van der Waals surface area contributed by atoms with Crippen LogP contribution in [0.4, 0.5) is 20.7 Å². The Morgan fingerprint density at radius 3 is 2.60 bits per heavy atom.